The molecule has 0 unspecified atom stereocenters. The molecule has 1 N–H and O–H groups in total. The lowest BCUT2D eigenvalue weighted by molar-refractivity contribution is -0.137. The van der Waals surface area contributed by atoms with Crippen molar-refractivity contribution in [2.45, 2.75) is 12.7 Å². The van der Waals surface area contributed by atoms with Gasteiger partial charge in [-0.2, -0.15) is 18.2 Å². The average molecular weight is 400 g/mol. The van der Waals surface area contributed by atoms with Crippen LogP contribution in [0.4, 0.5) is 17.6 Å². The summed E-state index contributed by atoms with van der Waals surface area (Å²) >= 11 is 5.91. The summed E-state index contributed by atoms with van der Waals surface area (Å²) in [4.78, 5) is 15.9. The van der Waals surface area contributed by atoms with Gasteiger partial charge in [-0.3, -0.25) is 4.79 Å². The number of alkyl halides is 3. The van der Waals surface area contributed by atoms with Gasteiger partial charge in [-0.25, -0.2) is 4.39 Å². The monoisotopic (exact) mass is 399 g/mol. The standard InChI is InChI=1S/C17H10ClF4N3O2/c18-12-4-2-1-3-10(12)15(26)23-8-14-24-16(27-25-14)11-6-5-9(7-13(11)19)17(20,21)22/h1-7H,8H2,(H,23,26). The van der Waals surface area contributed by atoms with Gasteiger partial charge in [0.05, 0.1) is 28.3 Å². The number of halogens is 5. The molecule has 1 heterocycles. The first-order valence-corrected chi connectivity index (χ1v) is 7.86. The predicted octanol–water partition coefficient (Wildman–Crippen LogP) is 4.48. The SMILES string of the molecule is O=C(NCc1noc(-c2ccc(C(F)(F)F)cc2F)n1)c1ccccc1Cl. The lowest BCUT2D eigenvalue weighted by Gasteiger charge is -2.07. The van der Waals surface area contributed by atoms with Gasteiger partial charge in [0.25, 0.3) is 11.8 Å². The van der Waals surface area contributed by atoms with Crippen LogP contribution in [-0.4, -0.2) is 16.0 Å². The Labute approximate surface area is 155 Å². The molecule has 0 fully saturated rings. The van der Waals surface area contributed by atoms with Crippen LogP contribution in [0.1, 0.15) is 21.7 Å². The molecule has 0 aliphatic rings. The first-order valence-electron chi connectivity index (χ1n) is 7.48. The highest BCUT2D eigenvalue weighted by Crippen LogP contribution is 2.32. The van der Waals surface area contributed by atoms with Crippen molar-refractivity contribution in [2.24, 2.45) is 0 Å². The number of hydrogen-bond donors (Lipinski definition) is 1. The molecule has 1 aromatic heterocycles. The van der Waals surface area contributed by atoms with Gasteiger partial charge >= 0.3 is 6.18 Å². The topological polar surface area (TPSA) is 68.0 Å². The number of amides is 1. The maximum atomic E-state index is 13.9. The van der Waals surface area contributed by atoms with Crippen LogP contribution in [0.25, 0.3) is 11.5 Å². The Morgan fingerprint density at radius 2 is 1.93 bits per heavy atom. The van der Waals surface area contributed by atoms with E-state index in [2.05, 4.69) is 15.5 Å². The minimum atomic E-state index is -4.66. The van der Waals surface area contributed by atoms with Crippen molar-refractivity contribution in [1.82, 2.24) is 15.5 Å². The third-order valence-corrected chi connectivity index (χ3v) is 3.85. The highest BCUT2D eigenvalue weighted by atomic mass is 35.5. The van der Waals surface area contributed by atoms with E-state index in [9.17, 15) is 22.4 Å². The third kappa shape index (κ3) is 4.25. The van der Waals surface area contributed by atoms with Crippen LogP contribution in [0.2, 0.25) is 5.02 Å². The Morgan fingerprint density at radius 1 is 1.19 bits per heavy atom. The molecule has 0 bridgehead atoms. The highest BCUT2D eigenvalue weighted by Gasteiger charge is 2.31. The van der Waals surface area contributed by atoms with E-state index in [1.54, 1.807) is 18.2 Å². The molecule has 0 spiro atoms. The molecule has 0 radical (unpaired) electrons. The van der Waals surface area contributed by atoms with Crippen LogP contribution in [-0.2, 0) is 12.7 Å². The molecular weight excluding hydrogens is 390 g/mol. The van der Waals surface area contributed by atoms with E-state index in [-0.39, 0.29) is 34.4 Å². The molecular formula is C17H10ClF4N3O2. The van der Waals surface area contributed by atoms with Gasteiger partial charge < -0.3 is 9.84 Å². The van der Waals surface area contributed by atoms with Crippen molar-refractivity contribution in [3.63, 3.8) is 0 Å². The smallest absolute Gasteiger partial charge is 0.345 e. The van der Waals surface area contributed by atoms with Gasteiger partial charge in [-0.05, 0) is 30.3 Å². The van der Waals surface area contributed by atoms with E-state index in [0.717, 1.165) is 6.07 Å². The summed E-state index contributed by atoms with van der Waals surface area (Å²) in [7, 11) is 0. The van der Waals surface area contributed by atoms with Crippen molar-refractivity contribution < 1.29 is 26.9 Å². The first-order chi connectivity index (χ1) is 12.8. The van der Waals surface area contributed by atoms with Crippen LogP contribution in [0.3, 0.4) is 0 Å². The van der Waals surface area contributed by atoms with E-state index in [4.69, 9.17) is 16.1 Å². The number of benzene rings is 2. The zero-order valence-electron chi connectivity index (χ0n) is 13.3. The van der Waals surface area contributed by atoms with Gasteiger partial charge in [-0.15, -0.1) is 0 Å². The second-order valence-corrected chi connectivity index (χ2v) is 5.78. The Bertz CT molecular complexity index is 988. The highest BCUT2D eigenvalue weighted by molar-refractivity contribution is 6.33. The predicted molar refractivity (Wildman–Crippen MR) is 87.3 cm³/mol. The van der Waals surface area contributed by atoms with Crippen molar-refractivity contribution in [3.05, 3.63) is 70.3 Å². The molecule has 10 heteroatoms. The minimum Gasteiger partial charge on any atom is -0.345 e. The van der Waals surface area contributed by atoms with Crippen molar-refractivity contribution in [1.29, 1.82) is 0 Å². The Hall–Kier alpha value is -2.94. The first kappa shape index (κ1) is 18.8. The molecule has 0 saturated heterocycles. The van der Waals surface area contributed by atoms with Gasteiger partial charge in [0.1, 0.15) is 5.82 Å². The van der Waals surface area contributed by atoms with E-state index in [1.807, 2.05) is 0 Å². The summed E-state index contributed by atoms with van der Waals surface area (Å²) < 4.78 is 56.6. The maximum Gasteiger partial charge on any atom is 0.416 e. The van der Waals surface area contributed by atoms with Crippen molar-refractivity contribution in [3.8, 4) is 11.5 Å². The molecule has 5 nitrogen and oxygen atoms in total. The quantitative estimate of drug-likeness (QED) is 0.657. The van der Waals surface area contributed by atoms with Crippen molar-refractivity contribution in [2.75, 3.05) is 0 Å². The summed E-state index contributed by atoms with van der Waals surface area (Å²) in [5, 5.41) is 6.34. The van der Waals surface area contributed by atoms with Gasteiger partial charge in [0, 0.05) is 0 Å². The molecule has 0 saturated carbocycles. The minimum absolute atomic E-state index is 0.0182. The fraction of sp³-hybridized carbons (Fsp3) is 0.118. The summed E-state index contributed by atoms with van der Waals surface area (Å²) in [5.74, 6) is -1.92. The Kier molecular flexibility index (Phi) is 5.13. The third-order valence-electron chi connectivity index (χ3n) is 3.52. The van der Waals surface area contributed by atoms with Crippen LogP contribution >= 0.6 is 11.6 Å². The van der Waals surface area contributed by atoms with E-state index < -0.39 is 23.5 Å². The van der Waals surface area contributed by atoms with Gasteiger partial charge in [-0.1, -0.05) is 28.9 Å². The lowest BCUT2D eigenvalue weighted by Crippen LogP contribution is -2.23. The number of carbonyl (C=O) groups is 1. The molecule has 1 amide bonds. The molecule has 140 valence electrons. The second-order valence-electron chi connectivity index (χ2n) is 5.37. The second kappa shape index (κ2) is 7.36. The van der Waals surface area contributed by atoms with E-state index in [0.29, 0.717) is 12.1 Å². The van der Waals surface area contributed by atoms with Crippen LogP contribution in [0, 0.1) is 5.82 Å². The summed E-state index contributed by atoms with van der Waals surface area (Å²) in [6.45, 7) is -0.143. The fourth-order valence-corrected chi connectivity index (χ4v) is 2.42. The number of aromatic nitrogens is 2. The van der Waals surface area contributed by atoms with Gasteiger partial charge in [0.2, 0.25) is 0 Å². The zero-order chi connectivity index (χ0) is 19.6. The largest absolute Gasteiger partial charge is 0.416 e. The molecule has 0 atom stereocenters. The van der Waals surface area contributed by atoms with Crippen LogP contribution < -0.4 is 5.32 Å². The molecule has 0 aliphatic carbocycles. The maximum absolute atomic E-state index is 13.9. The molecule has 3 rings (SSSR count). The number of carbonyl (C=O) groups excluding carboxylic acids is 1. The van der Waals surface area contributed by atoms with E-state index >= 15 is 0 Å². The number of nitrogens with zero attached hydrogens (tertiary/aromatic N) is 2. The summed E-state index contributed by atoms with van der Waals surface area (Å²) in [5.41, 5.74) is -1.16. The lowest BCUT2D eigenvalue weighted by atomic mass is 10.1. The van der Waals surface area contributed by atoms with Crippen LogP contribution in [0.5, 0.6) is 0 Å². The molecule has 0 aliphatic heterocycles. The molecule has 2 aromatic carbocycles. The average Bonchev–Trinajstić information content (AvgIpc) is 3.08. The molecule has 27 heavy (non-hydrogen) atoms. The summed E-state index contributed by atoms with van der Waals surface area (Å²) in [6, 6.07) is 8.34. The Morgan fingerprint density at radius 3 is 2.59 bits per heavy atom. The van der Waals surface area contributed by atoms with E-state index in [1.165, 1.54) is 6.07 Å². The normalized spacial score (nSPS) is 11.4. The van der Waals surface area contributed by atoms with Crippen LogP contribution in [0.15, 0.2) is 47.0 Å². The van der Waals surface area contributed by atoms with Gasteiger partial charge in [0.15, 0.2) is 5.82 Å². The number of nitrogens with one attached hydrogen (secondary N) is 1. The summed E-state index contributed by atoms with van der Waals surface area (Å²) in [6.07, 6.45) is -4.66. The number of hydrogen-bond acceptors (Lipinski definition) is 4. The molecule has 3 aromatic rings. The Balaban J connectivity index is 1.72. The number of rotatable bonds is 4. The van der Waals surface area contributed by atoms with Crippen molar-refractivity contribution >= 4 is 17.5 Å². The zero-order valence-corrected chi connectivity index (χ0v) is 14.1. The fourth-order valence-electron chi connectivity index (χ4n) is 2.20.